The van der Waals surface area contributed by atoms with Crippen LogP contribution in [-0.4, -0.2) is 17.4 Å². The number of aryl methyl sites for hydroxylation is 1. The number of amides is 1. The van der Waals surface area contributed by atoms with Crippen LogP contribution in [0.2, 0.25) is 0 Å². The highest BCUT2D eigenvalue weighted by Gasteiger charge is 2.19. The lowest BCUT2D eigenvalue weighted by Crippen LogP contribution is -2.25. The lowest BCUT2D eigenvalue weighted by Gasteiger charge is -2.31. The van der Waals surface area contributed by atoms with Gasteiger partial charge < -0.3 is 10.2 Å². The van der Waals surface area contributed by atoms with Gasteiger partial charge in [-0.1, -0.05) is 18.2 Å². The van der Waals surface area contributed by atoms with Crippen LogP contribution in [0.5, 0.6) is 0 Å². The molecule has 0 aliphatic carbocycles. The lowest BCUT2D eigenvalue weighted by atomic mass is 10.0. The summed E-state index contributed by atoms with van der Waals surface area (Å²) in [4.78, 5) is 19.1. The zero-order valence-corrected chi connectivity index (χ0v) is 14.7. The van der Waals surface area contributed by atoms with Crippen LogP contribution in [0.4, 0.5) is 17.1 Å². The SMILES string of the molecule is N#Cc1ccc(NC(=O)c2cncc(N3CCCc4ccccc43)c2)cc1. The van der Waals surface area contributed by atoms with Gasteiger partial charge in [0.2, 0.25) is 0 Å². The molecule has 3 aromatic rings. The molecule has 27 heavy (non-hydrogen) atoms. The van der Waals surface area contributed by atoms with Crippen molar-refractivity contribution >= 4 is 23.0 Å². The molecule has 2 heterocycles. The molecule has 132 valence electrons. The van der Waals surface area contributed by atoms with Gasteiger partial charge in [-0.05, 0) is 54.8 Å². The predicted octanol–water partition coefficient (Wildman–Crippen LogP) is 4.29. The van der Waals surface area contributed by atoms with Crippen molar-refractivity contribution in [3.63, 3.8) is 0 Å². The van der Waals surface area contributed by atoms with Crippen LogP contribution < -0.4 is 10.2 Å². The molecule has 0 saturated heterocycles. The maximum Gasteiger partial charge on any atom is 0.257 e. The van der Waals surface area contributed by atoms with Crippen molar-refractivity contribution < 1.29 is 4.79 Å². The fraction of sp³-hybridized carbons (Fsp3) is 0.136. The summed E-state index contributed by atoms with van der Waals surface area (Å²) in [6, 6.07) is 19.1. The molecule has 0 bridgehead atoms. The number of nitrogens with one attached hydrogen (secondary N) is 1. The topological polar surface area (TPSA) is 69.0 Å². The van der Waals surface area contributed by atoms with E-state index in [0.29, 0.717) is 16.8 Å². The number of anilines is 3. The molecular weight excluding hydrogens is 336 g/mol. The van der Waals surface area contributed by atoms with Gasteiger partial charge in [0.15, 0.2) is 0 Å². The molecule has 2 aromatic carbocycles. The number of carbonyl (C=O) groups is 1. The number of para-hydroxylation sites is 1. The number of rotatable bonds is 3. The van der Waals surface area contributed by atoms with Crippen LogP contribution in [0.25, 0.3) is 0 Å². The number of nitrogens with zero attached hydrogens (tertiary/aromatic N) is 3. The number of benzene rings is 2. The Morgan fingerprint density at radius 2 is 1.93 bits per heavy atom. The molecule has 1 aliphatic rings. The summed E-state index contributed by atoms with van der Waals surface area (Å²) in [5.41, 5.74) is 5.11. The predicted molar refractivity (Wildman–Crippen MR) is 105 cm³/mol. The summed E-state index contributed by atoms with van der Waals surface area (Å²) in [5.74, 6) is -0.223. The summed E-state index contributed by atoms with van der Waals surface area (Å²) in [6.07, 6.45) is 5.50. The molecule has 4 rings (SSSR count). The molecule has 0 spiro atoms. The maximum absolute atomic E-state index is 12.6. The molecule has 0 saturated carbocycles. The van der Waals surface area contributed by atoms with Crippen molar-refractivity contribution in [3.05, 3.63) is 83.7 Å². The first-order valence-corrected chi connectivity index (χ1v) is 8.86. The third-order valence-corrected chi connectivity index (χ3v) is 4.68. The van der Waals surface area contributed by atoms with Crippen molar-refractivity contribution in [2.45, 2.75) is 12.8 Å². The van der Waals surface area contributed by atoms with Gasteiger partial charge in [-0.3, -0.25) is 9.78 Å². The Bertz CT molecular complexity index is 1020. The summed E-state index contributed by atoms with van der Waals surface area (Å²) in [6.45, 7) is 0.902. The molecule has 1 amide bonds. The Morgan fingerprint density at radius 1 is 1.11 bits per heavy atom. The van der Waals surface area contributed by atoms with Gasteiger partial charge in [-0.2, -0.15) is 5.26 Å². The molecule has 1 N–H and O–H groups in total. The average molecular weight is 354 g/mol. The number of hydrogen-bond donors (Lipinski definition) is 1. The molecule has 0 unspecified atom stereocenters. The zero-order valence-electron chi connectivity index (χ0n) is 14.7. The lowest BCUT2D eigenvalue weighted by molar-refractivity contribution is 0.102. The van der Waals surface area contributed by atoms with Crippen molar-refractivity contribution in [1.82, 2.24) is 4.98 Å². The van der Waals surface area contributed by atoms with Crippen LogP contribution in [0.15, 0.2) is 67.0 Å². The molecule has 0 fully saturated rings. The smallest absolute Gasteiger partial charge is 0.257 e. The maximum atomic E-state index is 12.6. The van der Waals surface area contributed by atoms with Gasteiger partial charge in [-0.15, -0.1) is 0 Å². The van der Waals surface area contributed by atoms with E-state index in [1.165, 1.54) is 11.3 Å². The highest BCUT2D eigenvalue weighted by Crippen LogP contribution is 2.33. The standard InChI is InChI=1S/C22H18N4O/c23-13-16-7-9-19(10-8-16)25-22(27)18-12-20(15-24-14-18)26-11-3-5-17-4-1-2-6-21(17)26/h1-2,4,6-10,12,14-15H,3,5,11H2,(H,25,27). The molecule has 5 nitrogen and oxygen atoms in total. The van der Waals surface area contributed by atoms with E-state index in [-0.39, 0.29) is 5.91 Å². The quantitative estimate of drug-likeness (QED) is 0.762. The van der Waals surface area contributed by atoms with Crippen LogP contribution in [0.1, 0.15) is 27.9 Å². The first kappa shape index (κ1) is 16.8. The van der Waals surface area contributed by atoms with E-state index in [2.05, 4.69) is 39.5 Å². The van der Waals surface area contributed by atoms with E-state index < -0.39 is 0 Å². The van der Waals surface area contributed by atoms with Crippen molar-refractivity contribution in [1.29, 1.82) is 5.26 Å². The second-order valence-electron chi connectivity index (χ2n) is 6.46. The third-order valence-electron chi connectivity index (χ3n) is 4.68. The minimum absolute atomic E-state index is 0.223. The molecule has 0 atom stereocenters. The fourth-order valence-corrected chi connectivity index (χ4v) is 3.33. The molecule has 1 aromatic heterocycles. The van der Waals surface area contributed by atoms with E-state index in [9.17, 15) is 4.79 Å². The van der Waals surface area contributed by atoms with Crippen LogP contribution >= 0.6 is 0 Å². The van der Waals surface area contributed by atoms with Crippen molar-refractivity contribution in [3.8, 4) is 6.07 Å². The zero-order chi connectivity index (χ0) is 18.6. The fourth-order valence-electron chi connectivity index (χ4n) is 3.33. The van der Waals surface area contributed by atoms with E-state index in [0.717, 1.165) is 25.1 Å². The summed E-state index contributed by atoms with van der Waals surface area (Å²) in [7, 11) is 0. The van der Waals surface area contributed by atoms with Crippen LogP contribution in [0.3, 0.4) is 0 Å². The van der Waals surface area contributed by atoms with Crippen molar-refractivity contribution in [2.24, 2.45) is 0 Å². The number of nitriles is 1. The van der Waals surface area contributed by atoms with E-state index >= 15 is 0 Å². The molecular formula is C22H18N4O. The Hall–Kier alpha value is -3.65. The van der Waals surface area contributed by atoms with Gasteiger partial charge in [0.05, 0.1) is 29.1 Å². The molecule has 0 radical (unpaired) electrons. The normalized spacial score (nSPS) is 12.8. The number of carbonyl (C=O) groups excluding carboxylic acids is 1. The number of fused-ring (bicyclic) bond motifs is 1. The third kappa shape index (κ3) is 3.51. The Labute approximate surface area is 157 Å². The average Bonchev–Trinajstić information content (AvgIpc) is 2.74. The van der Waals surface area contributed by atoms with Gasteiger partial charge in [0.1, 0.15) is 0 Å². The number of hydrogen-bond acceptors (Lipinski definition) is 4. The minimum Gasteiger partial charge on any atom is -0.340 e. The second kappa shape index (κ2) is 7.30. The van der Waals surface area contributed by atoms with Gasteiger partial charge in [0, 0.05) is 24.1 Å². The van der Waals surface area contributed by atoms with Crippen LogP contribution in [0, 0.1) is 11.3 Å². The Kier molecular flexibility index (Phi) is 4.54. The summed E-state index contributed by atoms with van der Waals surface area (Å²) < 4.78 is 0. The number of pyridine rings is 1. The van der Waals surface area contributed by atoms with Crippen molar-refractivity contribution in [2.75, 3.05) is 16.8 Å². The minimum atomic E-state index is -0.223. The monoisotopic (exact) mass is 354 g/mol. The molecule has 5 heteroatoms. The molecule has 1 aliphatic heterocycles. The van der Waals surface area contributed by atoms with E-state index in [4.69, 9.17) is 5.26 Å². The van der Waals surface area contributed by atoms with E-state index in [1.54, 1.807) is 36.7 Å². The number of aromatic nitrogens is 1. The highest BCUT2D eigenvalue weighted by atomic mass is 16.1. The first-order valence-electron chi connectivity index (χ1n) is 8.86. The summed E-state index contributed by atoms with van der Waals surface area (Å²) >= 11 is 0. The highest BCUT2D eigenvalue weighted by molar-refractivity contribution is 6.04. The Balaban J connectivity index is 1.57. The first-order chi connectivity index (χ1) is 13.2. The van der Waals surface area contributed by atoms with E-state index in [1.807, 2.05) is 12.1 Å². The van der Waals surface area contributed by atoms with Gasteiger partial charge >= 0.3 is 0 Å². The Morgan fingerprint density at radius 3 is 2.74 bits per heavy atom. The second-order valence-corrected chi connectivity index (χ2v) is 6.46. The van der Waals surface area contributed by atoms with Gasteiger partial charge in [-0.25, -0.2) is 0 Å². The van der Waals surface area contributed by atoms with Crippen LogP contribution in [-0.2, 0) is 6.42 Å². The largest absolute Gasteiger partial charge is 0.340 e. The van der Waals surface area contributed by atoms with Gasteiger partial charge in [0.25, 0.3) is 5.91 Å². The summed E-state index contributed by atoms with van der Waals surface area (Å²) in [5, 5.41) is 11.7.